The van der Waals surface area contributed by atoms with Crippen LogP contribution in [0.1, 0.15) is 33.1 Å². The summed E-state index contributed by atoms with van der Waals surface area (Å²) in [5, 5.41) is 7.75. The fourth-order valence-electron chi connectivity index (χ4n) is 4.08. The first kappa shape index (κ1) is 23.5. The molecule has 1 fully saturated rings. The van der Waals surface area contributed by atoms with E-state index in [2.05, 4.69) is 19.2 Å². The lowest BCUT2D eigenvalue weighted by Gasteiger charge is -2.32. The molecule has 0 saturated heterocycles. The van der Waals surface area contributed by atoms with E-state index in [0.717, 1.165) is 42.0 Å². The fraction of sp³-hybridized carbons (Fsp3) is 0.370. The maximum atomic E-state index is 13.1. The van der Waals surface area contributed by atoms with Crippen LogP contribution in [0.3, 0.4) is 0 Å². The first-order chi connectivity index (χ1) is 16.4. The number of aromatic nitrogens is 2. The molecule has 3 aromatic rings. The zero-order chi connectivity index (χ0) is 24.1. The molecule has 7 heteroatoms. The van der Waals surface area contributed by atoms with E-state index >= 15 is 0 Å². The van der Waals surface area contributed by atoms with Gasteiger partial charge in [-0.25, -0.2) is 4.68 Å². The zero-order valence-electron chi connectivity index (χ0n) is 20.0. The van der Waals surface area contributed by atoms with Crippen molar-refractivity contribution >= 4 is 17.6 Å². The third-order valence-corrected chi connectivity index (χ3v) is 6.05. The van der Waals surface area contributed by atoms with Crippen LogP contribution < -0.4 is 10.1 Å². The molecule has 34 heavy (non-hydrogen) atoms. The van der Waals surface area contributed by atoms with Crippen LogP contribution in [-0.4, -0.2) is 46.7 Å². The molecule has 1 aromatic heterocycles. The number of nitrogens with zero attached hydrogens (tertiary/aromatic N) is 3. The van der Waals surface area contributed by atoms with Crippen LogP contribution in [0.5, 0.6) is 5.75 Å². The Kier molecular flexibility index (Phi) is 7.30. The van der Waals surface area contributed by atoms with Gasteiger partial charge in [-0.2, -0.15) is 5.10 Å². The van der Waals surface area contributed by atoms with Gasteiger partial charge in [-0.1, -0.05) is 50.6 Å². The van der Waals surface area contributed by atoms with Crippen molar-refractivity contribution in [2.24, 2.45) is 11.8 Å². The lowest BCUT2D eigenvalue weighted by atomic mass is 9.84. The topological polar surface area (TPSA) is 76.5 Å². The normalized spacial score (nSPS) is 13.4. The van der Waals surface area contributed by atoms with E-state index in [9.17, 15) is 9.59 Å². The molecule has 0 bridgehead atoms. The van der Waals surface area contributed by atoms with Gasteiger partial charge in [0.05, 0.1) is 25.0 Å². The Hall–Kier alpha value is -3.61. The summed E-state index contributed by atoms with van der Waals surface area (Å²) in [4.78, 5) is 27.7. The minimum atomic E-state index is -0.234. The number of carbonyl (C=O) groups excluding carboxylic acids is 2. The molecule has 0 atom stereocenters. The van der Waals surface area contributed by atoms with E-state index in [0.29, 0.717) is 12.4 Å². The lowest BCUT2D eigenvalue weighted by Crippen LogP contribution is -2.44. The Labute approximate surface area is 200 Å². The first-order valence-corrected chi connectivity index (χ1v) is 11.8. The third-order valence-electron chi connectivity index (χ3n) is 6.05. The van der Waals surface area contributed by atoms with Crippen LogP contribution in [0.25, 0.3) is 16.9 Å². The monoisotopic (exact) mass is 460 g/mol. The summed E-state index contributed by atoms with van der Waals surface area (Å²) in [6.45, 7) is 4.71. The highest BCUT2D eigenvalue weighted by molar-refractivity contribution is 5.95. The molecule has 1 heterocycles. The third kappa shape index (κ3) is 5.47. The number of nitrogens with one attached hydrogen (secondary N) is 1. The van der Waals surface area contributed by atoms with Gasteiger partial charge in [0.2, 0.25) is 11.8 Å². The van der Waals surface area contributed by atoms with Gasteiger partial charge >= 0.3 is 0 Å². The molecule has 0 radical (unpaired) electrons. The molecule has 7 nitrogen and oxygen atoms in total. The van der Waals surface area contributed by atoms with Gasteiger partial charge in [0.15, 0.2) is 0 Å². The number of hydrogen-bond acceptors (Lipinski definition) is 4. The molecule has 1 aliphatic carbocycles. The zero-order valence-corrected chi connectivity index (χ0v) is 20.0. The van der Waals surface area contributed by atoms with Crippen molar-refractivity contribution in [3.8, 4) is 22.7 Å². The highest BCUT2D eigenvalue weighted by Gasteiger charge is 2.31. The molecule has 2 amide bonds. The van der Waals surface area contributed by atoms with Crippen molar-refractivity contribution in [2.45, 2.75) is 33.1 Å². The van der Waals surface area contributed by atoms with E-state index in [4.69, 9.17) is 9.84 Å². The smallest absolute Gasteiger partial charge is 0.245 e. The van der Waals surface area contributed by atoms with Gasteiger partial charge in [0, 0.05) is 24.1 Å². The van der Waals surface area contributed by atoms with E-state index in [1.165, 1.54) is 0 Å². The summed E-state index contributed by atoms with van der Waals surface area (Å²) < 4.78 is 6.98. The van der Waals surface area contributed by atoms with Crippen LogP contribution in [-0.2, 0) is 9.59 Å². The summed E-state index contributed by atoms with van der Waals surface area (Å²) in [7, 11) is 1.62. The molecule has 0 aliphatic heterocycles. The van der Waals surface area contributed by atoms with Crippen molar-refractivity contribution in [3.05, 3.63) is 60.7 Å². The van der Waals surface area contributed by atoms with Crippen molar-refractivity contribution in [2.75, 3.05) is 25.5 Å². The molecular formula is C27H32N4O3. The van der Waals surface area contributed by atoms with Crippen LogP contribution in [0, 0.1) is 11.8 Å². The highest BCUT2D eigenvalue weighted by Crippen LogP contribution is 2.29. The number of amides is 2. The van der Waals surface area contributed by atoms with E-state index < -0.39 is 0 Å². The van der Waals surface area contributed by atoms with Crippen LogP contribution in [0.15, 0.2) is 60.7 Å². The molecule has 1 aliphatic rings. The predicted octanol–water partition coefficient (Wildman–Crippen LogP) is 4.77. The van der Waals surface area contributed by atoms with E-state index in [1.807, 2.05) is 60.7 Å². The number of ether oxygens (including phenoxy) is 1. The molecule has 4 rings (SSSR count). The van der Waals surface area contributed by atoms with Gasteiger partial charge in [0.25, 0.3) is 0 Å². The Morgan fingerprint density at radius 1 is 1.12 bits per heavy atom. The van der Waals surface area contributed by atoms with Crippen LogP contribution >= 0.6 is 0 Å². The van der Waals surface area contributed by atoms with Crippen LogP contribution in [0.2, 0.25) is 0 Å². The summed E-state index contributed by atoms with van der Waals surface area (Å²) in [6, 6.07) is 19.2. The maximum Gasteiger partial charge on any atom is 0.245 e. The Balaban J connectivity index is 1.59. The van der Waals surface area contributed by atoms with Crippen LogP contribution in [0.4, 0.5) is 5.82 Å². The van der Waals surface area contributed by atoms with Crippen molar-refractivity contribution in [3.63, 3.8) is 0 Å². The Bertz CT molecular complexity index is 1120. The average molecular weight is 461 g/mol. The Morgan fingerprint density at radius 3 is 2.41 bits per heavy atom. The second kappa shape index (κ2) is 10.5. The quantitative estimate of drug-likeness (QED) is 0.499. The maximum absolute atomic E-state index is 13.1. The summed E-state index contributed by atoms with van der Waals surface area (Å²) in [5.41, 5.74) is 2.49. The number of rotatable bonds is 9. The molecule has 2 aromatic carbocycles. The predicted molar refractivity (Wildman–Crippen MR) is 133 cm³/mol. The second-order valence-electron chi connectivity index (χ2n) is 9.18. The molecule has 1 saturated carbocycles. The first-order valence-electron chi connectivity index (χ1n) is 11.8. The van der Waals surface area contributed by atoms with E-state index in [1.54, 1.807) is 16.7 Å². The van der Waals surface area contributed by atoms with E-state index in [-0.39, 0.29) is 30.2 Å². The minimum absolute atomic E-state index is 0.0297. The van der Waals surface area contributed by atoms with Crippen molar-refractivity contribution in [1.29, 1.82) is 0 Å². The number of benzene rings is 2. The SMILES string of the molecule is COc1ccc(-n2nc(-c3ccccc3)cc2NC(=O)CN(CC(C)C)C(=O)C2CCC2)cc1. The molecule has 178 valence electrons. The molecule has 0 unspecified atom stereocenters. The summed E-state index contributed by atoms with van der Waals surface area (Å²) in [6.07, 6.45) is 2.92. The standard InChI is InChI=1S/C27H32N4O3/c1-19(2)17-30(27(33)21-10-7-11-21)18-26(32)28-25-16-24(20-8-5-4-6-9-20)29-31(25)22-12-14-23(34-3)15-13-22/h4-6,8-9,12-16,19,21H,7,10-11,17-18H2,1-3H3,(H,28,32). The summed E-state index contributed by atoms with van der Waals surface area (Å²) in [5.74, 6) is 1.48. The largest absolute Gasteiger partial charge is 0.497 e. The Morgan fingerprint density at radius 2 is 1.82 bits per heavy atom. The van der Waals surface area contributed by atoms with Crippen molar-refractivity contribution < 1.29 is 14.3 Å². The molecular weight excluding hydrogens is 428 g/mol. The average Bonchev–Trinajstić information content (AvgIpc) is 3.21. The summed E-state index contributed by atoms with van der Waals surface area (Å²) >= 11 is 0. The molecule has 0 spiro atoms. The van der Waals surface area contributed by atoms with Gasteiger partial charge in [-0.3, -0.25) is 9.59 Å². The fourth-order valence-corrected chi connectivity index (χ4v) is 4.08. The highest BCUT2D eigenvalue weighted by atomic mass is 16.5. The number of carbonyl (C=O) groups is 2. The van der Waals surface area contributed by atoms with Gasteiger partial charge in [-0.15, -0.1) is 0 Å². The van der Waals surface area contributed by atoms with Gasteiger partial charge < -0.3 is 15.0 Å². The van der Waals surface area contributed by atoms with Gasteiger partial charge in [0.1, 0.15) is 11.6 Å². The molecule has 1 N–H and O–H groups in total. The number of hydrogen-bond donors (Lipinski definition) is 1. The number of methoxy groups -OCH3 is 1. The lowest BCUT2D eigenvalue weighted by molar-refractivity contribution is -0.141. The van der Waals surface area contributed by atoms with Gasteiger partial charge in [-0.05, 0) is 43.0 Å². The number of anilines is 1. The second-order valence-corrected chi connectivity index (χ2v) is 9.18. The minimum Gasteiger partial charge on any atom is -0.497 e. The van der Waals surface area contributed by atoms with Crippen molar-refractivity contribution in [1.82, 2.24) is 14.7 Å².